The van der Waals surface area contributed by atoms with E-state index in [2.05, 4.69) is 42.5 Å². The van der Waals surface area contributed by atoms with Crippen molar-refractivity contribution >= 4 is 0 Å². The molecule has 0 fully saturated rings. The molecule has 2 rings (SSSR count). The van der Waals surface area contributed by atoms with Gasteiger partial charge in [0.25, 0.3) is 0 Å². The van der Waals surface area contributed by atoms with Crippen molar-refractivity contribution in [3.05, 3.63) is 71.8 Å². The first-order valence-electron chi connectivity index (χ1n) is 7.52. The van der Waals surface area contributed by atoms with E-state index in [0.717, 1.165) is 19.6 Å². The minimum Gasteiger partial charge on any atom is -0.377 e. The van der Waals surface area contributed by atoms with Crippen LogP contribution in [0.25, 0.3) is 0 Å². The minimum absolute atomic E-state index is 0.737. The molecule has 0 saturated heterocycles. The zero-order valence-electron chi connectivity index (χ0n) is 12.1. The molecule has 0 aromatic heterocycles. The van der Waals surface area contributed by atoms with Gasteiger partial charge in [-0.1, -0.05) is 67.4 Å². The number of unbranched alkanes of at least 4 members (excludes halogenated alkanes) is 3. The fraction of sp³-hybridized carbons (Fsp3) is 0.368. The van der Waals surface area contributed by atoms with Crippen molar-refractivity contribution in [1.29, 1.82) is 0 Å². The molecule has 1 heteroatoms. The number of hydrogen-bond acceptors (Lipinski definition) is 1. The fourth-order valence-corrected chi connectivity index (χ4v) is 2.24. The van der Waals surface area contributed by atoms with Crippen LogP contribution in [0.5, 0.6) is 0 Å². The maximum atomic E-state index is 5.68. The number of aryl methyl sites for hydroxylation is 1. The Kier molecular flexibility index (Phi) is 6.90. The van der Waals surface area contributed by atoms with Crippen LogP contribution in [0.4, 0.5) is 0 Å². The molecule has 2 aromatic rings. The molecule has 0 atom stereocenters. The topological polar surface area (TPSA) is 9.23 Å². The maximum absolute atomic E-state index is 5.68. The molecule has 0 heterocycles. The van der Waals surface area contributed by atoms with Gasteiger partial charge in [0.1, 0.15) is 0 Å². The van der Waals surface area contributed by atoms with E-state index >= 15 is 0 Å². The molecule has 0 N–H and O–H groups in total. The second-order valence-electron chi connectivity index (χ2n) is 5.11. The van der Waals surface area contributed by atoms with Gasteiger partial charge in [0.15, 0.2) is 0 Å². The van der Waals surface area contributed by atoms with Gasteiger partial charge in [-0.25, -0.2) is 0 Å². The minimum atomic E-state index is 0.737. The predicted octanol–water partition coefficient (Wildman–Crippen LogP) is 4.81. The first kappa shape index (κ1) is 14.8. The van der Waals surface area contributed by atoms with Gasteiger partial charge < -0.3 is 4.74 Å². The molecule has 0 spiro atoms. The summed E-state index contributed by atoms with van der Waals surface area (Å²) < 4.78 is 5.68. The van der Waals surface area contributed by atoms with E-state index in [4.69, 9.17) is 4.74 Å². The summed E-state index contributed by atoms with van der Waals surface area (Å²) in [6.45, 7) is 1.61. The summed E-state index contributed by atoms with van der Waals surface area (Å²) in [4.78, 5) is 0. The van der Waals surface area contributed by atoms with Gasteiger partial charge in [0, 0.05) is 6.61 Å². The van der Waals surface area contributed by atoms with E-state index in [1.165, 1.54) is 36.8 Å². The second kappa shape index (κ2) is 9.33. The molecule has 0 amide bonds. The van der Waals surface area contributed by atoms with Crippen LogP contribution in [-0.4, -0.2) is 6.61 Å². The highest BCUT2D eigenvalue weighted by Crippen LogP contribution is 2.08. The highest BCUT2D eigenvalue weighted by molar-refractivity contribution is 5.14. The molecule has 2 aromatic carbocycles. The first-order chi connectivity index (χ1) is 9.95. The monoisotopic (exact) mass is 267 g/mol. The molecule has 0 aliphatic rings. The quantitative estimate of drug-likeness (QED) is 0.593. The molecule has 0 bridgehead atoms. The summed E-state index contributed by atoms with van der Waals surface area (Å²) in [5.41, 5.74) is 2.68. The summed E-state index contributed by atoms with van der Waals surface area (Å²) in [6, 6.07) is 21.7. The van der Waals surface area contributed by atoms with Crippen LogP contribution in [0, 0.1) is 6.07 Å². The summed E-state index contributed by atoms with van der Waals surface area (Å²) in [5, 5.41) is 0. The number of benzene rings is 2. The SMILES string of the molecule is [c]1ccc(CCCCCCOCc2ccccc2)cc1. The van der Waals surface area contributed by atoms with E-state index < -0.39 is 0 Å². The molecule has 1 nitrogen and oxygen atoms in total. The van der Waals surface area contributed by atoms with E-state index in [9.17, 15) is 0 Å². The van der Waals surface area contributed by atoms with Crippen molar-refractivity contribution in [2.75, 3.05) is 6.61 Å². The summed E-state index contributed by atoms with van der Waals surface area (Å²) in [6.07, 6.45) is 6.15. The molecule has 105 valence electrons. The molecule has 1 radical (unpaired) electrons. The fourth-order valence-electron chi connectivity index (χ4n) is 2.24. The van der Waals surface area contributed by atoms with E-state index in [0.29, 0.717) is 0 Å². The lowest BCUT2D eigenvalue weighted by atomic mass is 10.1. The van der Waals surface area contributed by atoms with Gasteiger partial charge >= 0.3 is 0 Å². The van der Waals surface area contributed by atoms with Gasteiger partial charge in [0.2, 0.25) is 0 Å². The van der Waals surface area contributed by atoms with Crippen LogP contribution >= 0.6 is 0 Å². The van der Waals surface area contributed by atoms with Crippen molar-refractivity contribution in [2.24, 2.45) is 0 Å². The van der Waals surface area contributed by atoms with Crippen molar-refractivity contribution in [3.8, 4) is 0 Å². The first-order valence-corrected chi connectivity index (χ1v) is 7.52. The zero-order chi connectivity index (χ0) is 13.9. The third-order valence-corrected chi connectivity index (χ3v) is 3.40. The Morgan fingerprint density at radius 1 is 0.750 bits per heavy atom. The summed E-state index contributed by atoms with van der Waals surface area (Å²) in [7, 11) is 0. The molecule has 0 unspecified atom stereocenters. The molecule has 0 saturated carbocycles. The molecule has 20 heavy (non-hydrogen) atoms. The van der Waals surface area contributed by atoms with E-state index in [-0.39, 0.29) is 0 Å². The molecular weight excluding hydrogens is 244 g/mol. The summed E-state index contributed by atoms with van der Waals surface area (Å²) >= 11 is 0. The zero-order valence-corrected chi connectivity index (χ0v) is 12.1. The van der Waals surface area contributed by atoms with Crippen molar-refractivity contribution in [3.63, 3.8) is 0 Å². The predicted molar refractivity (Wildman–Crippen MR) is 83.5 cm³/mol. The van der Waals surface area contributed by atoms with Crippen LogP contribution in [-0.2, 0) is 17.8 Å². The Hall–Kier alpha value is -1.60. The van der Waals surface area contributed by atoms with Crippen LogP contribution in [0.1, 0.15) is 36.8 Å². The van der Waals surface area contributed by atoms with Gasteiger partial charge in [-0.3, -0.25) is 0 Å². The lowest BCUT2D eigenvalue weighted by Crippen LogP contribution is -1.95. The van der Waals surface area contributed by atoms with Gasteiger partial charge in [-0.05, 0) is 36.5 Å². The van der Waals surface area contributed by atoms with E-state index in [1.54, 1.807) is 0 Å². The normalized spacial score (nSPS) is 10.6. The maximum Gasteiger partial charge on any atom is 0.0716 e. The Balaban J connectivity index is 1.44. The van der Waals surface area contributed by atoms with Gasteiger partial charge in [-0.2, -0.15) is 0 Å². The Morgan fingerprint density at radius 2 is 1.50 bits per heavy atom. The van der Waals surface area contributed by atoms with Crippen LogP contribution in [0.3, 0.4) is 0 Å². The highest BCUT2D eigenvalue weighted by atomic mass is 16.5. The van der Waals surface area contributed by atoms with Crippen molar-refractivity contribution in [2.45, 2.75) is 38.7 Å². The largest absolute Gasteiger partial charge is 0.377 e. The third-order valence-electron chi connectivity index (χ3n) is 3.40. The number of rotatable bonds is 9. The van der Waals surface area contributed by atoms with Crippen molar-refractivity contribution < 1.29 is 4.74 Å². The number of ether oxygens (including phenoxy) is 1. The molecular formula is C19H23O. The molecule has 0 aliphatic heterocycles. The van der Waals surface area contributed by atoms with Gasteiger partial charge in [-0.15, -0.1) is 0 Å². The average molecular weight is 267 g/mol. The Morgan fingerprint density at radius 3 is 2.30 bits per heavy atom. The highest BCUT2D eigenvalue weighted by Gasteiger charge is 1.95. The molecule has 0 aliphatic carbocycles. The van der Waals surface area contributed by atoms with Crippen LogP contribution in [0.15, 0.2) is 54.6 Å². The van der Waals surface area contributed by atoms with Crippen molar-refractivity contribution in [1.82, 2.24) is 0 Å². The van der Waals surface area contributed by atoms with Gasteiger partial charge in [0.05, 0.1) is 6.61 Å². The Bertz CT molecular complexity index is 404. The average Bonchev–Trinajstić information content (AvgIpc) is 2.52. The Labute approximate surface area is 122 Å². The lowest BCUT2D eigenvalue weighted by molar-refractivity contribution is 0.117. The van der Waals surface area contributed by atoms with Crippen LogP contribution in [0.2, 0.25) is 0 Å². The van der Waals surface area contributed by atoms with Crippen LogP contribution < -0.4 is 0 Å². The van der Waals surface area contributed by atoms with E-state index in [1.807, 2.05) is 18.2 Å². The third kappa shape index (κ3) is 6.03. The summed E-state index contributed by atoms with van der Waals surface area (Å²) in [5.74, 6) is 0. The number of hydrogen-bond donors (Lipinski definition) is 0. The smallest absolute Gasteiger partial charge is 0.0716 e. The lowest BCUT2D eigenvalue weighted by Gasteiger charge is -2.05. The standard InChI is InChI=1S/C19H23O/c1(5-11-18-12-6-3-7-13-18)2-10-16-20-17-19-14-8-4-9-15-19/h4,6-9,12-15H,1-2,5,10-11,16-17H2. The second-order valence-corrected chi connectivity index (χ2v) is 5.11.